The smallest absolute Gasteiger partial charge is 0.362 e. The number of nitrogens with one attached hydrogen (secondary N) is 2. The van der Waals surface area contributed by atoms with Gasteiger partial charge in [0.25, 0.3) is 5.91 Å². The van der Waals surface area contributed by atoms with Crippen molar-refractivity contribution in [3.63, 3.8) is 0 Å². The van der Waals surface area contributed by atoms with E-state index in [2.05, 4.69) is 15.7 Å². The van der Waals surface area contributed by atoms with Crippen molar-refractivity contribution in [1.29, 1.82) is 0 Å². The number of carbonyl (C=O) groups is 1. The van der Waals surface area contributed by atoms with E-state index in [0.717, 1.165) is 14.4 Å². The number of aromatic nitrogens is 2. The normalized spacial score (nSPS) is 19.1. The molecule has 5 nitrogen and oxygen atoms in total. The number of alkyl halides is 3. The Labute approximate surface area is 167 Å². The second kappa shape index (κ2) is 7.25. The molecule has 0 fully saturated rings. The summed E-state index contributed by atoms with van der Waals surface area (Å²) in [5.74, 6) is -0.239. The number of rotatable bonds is 4. The van der Waals surface area contributed by atoms with Crippen molar-refractivity contribution >= 4 is 34.4 Å². The molecule has 28 heavy (non-hydrogen) atoms. The summed E-state index contributed by atoms with van der Waals surface area (Å²) >= 11 is 2.90. The molecule has 0 aliphatic carbocycles. The number of anilines is 1. The third kappa shape index (κ3) is 3.53. The average molecular weight is 426 g/mol. The van der Waals surface area contributed by atoms with Gasteiger partial charge in [0.1, 0.15) is 5.82 Å². The second-order valence-electron chi connectivity index (χ2n) is 6.53. The number of carbonyl (C=O) groups excluding carboxylic acids is 1. The lowest BCUT2D eigenvalue weighted by atomic mass is 10.0. The van der Waals surface area contributed by atoms with E-state index >= 15 is 0 Å². The van der Waals surface area contributed by atoms with Gasteiger partial charge >= 0.3 is 6.18 Å². The molecule has 2 unspecified atom stereocenters. The van der Waals surface area contributed by atoms with Crippen LogP contribution in [0.15, 0.2) is 35.0 Å². The first-order valence-electron chi connectivity index (χ1n) is 8.61. The Bertz CT molecular complexity index is 964. The largest absolute Gasteiger partial charge is 0.410 e. The molecule has 1 amide bonds. The van der Waals surface area contributed by atoms with Gasteiger partial charge in [-0.2, -0.15) is 18.3 Å². The molecule has 1 aliphatic rings. The zero-order chi connectivity index (χ0) is 19.9. The fraction of sp³-hybridized carbons (Fsp3) is 0.333. The van der Waals surface area contributed by atoms with Gasteiger partial charge in [-0.3, -0.25) is 4.79 Å². The van der Waals surface area contributed by atoms with Crippen LogP contribution in [0.3, 0.4) is 0 Å². The van der Waals surface area contributed by atoms with Crippen LogP contribution in [0.25, 0.3) is 0 Å². The molecular weight excluding hydrogens is 409 g/mol. The summed E-state index contributed by atoms with van der Waals surface area (Å²) in [6.45, 7) is 1.93. The summed E-state index contributed by atoms with van der Waals surface area (Å²) in [5.41, 5.74) is 0.430. The first kappa shape index (κ1) is 19.0. The van der Waals surface area contributed by atoms with Crippen molar-refractivity contribution < 1.29 is 18.0 Å². The maximum Gasteiger partial charge on any atom is 0.410 e. The molecule has 0 saturated heterocycles. The van der Waals surface area contributed by atoms with E-state index < -0.39 is 24.2 Å². The average Bonchev–Trinajstić information content (AvgIpc) is 3.40. The monoisotopic (exact) mass is 426 g/mol. The van der Waals surface area contributed by atoms with Gasteiger partial charge in [-0.1, -0.05) is 12.1 Å². The molecular formula is C18H17F3N4OS2. The maximum absolute atomic E-state index is 13.7. The molecule has 4 rings (SSSR count). The minimum atomic E-state index is -4.46. The minimum Gasteiger partial charge on any atom is -0.362 e. The number of hydrogen-bond acceptors (Lipinski definition) is 5. The van der Waals surface area contributed by atoms with E-state index in [-0.39, 0.29) is 17.9 Å². The van der Waals surface area contributed by atoms with Crippen LogP contribution in [0.5, 0.6) is 0 Å². The van der Waals surface area contributed by atoms with Gasteiger partial charge in [0.2, 0.25) is 0 Å². The van der Waals surface area contributed by atoms with Crippen molar-refractivity contribution in [2.45, 2.75) is 38.1 Å². The molecule has 148 valence electrons. The highest BCUT2D eigenvalue weighted by atomic mass is 32.1. The number of thiophene rings is 2. The minimum absolute atomic E-state index is 0.0140. The van der Waals surface area contributed by atoms with Crippen LogP contribution < -0.4 is 10.6 Å². The molecule has 3 aromatic heterocycles. The molecule has 0 radical (unpaired) electrons. The third-order valence-electron chi connectivity index (χ3n) is 4.70. The van der Waals surface area contributed by atoms with E-state index in [1.807, 2.05) is 35.0 Å². The van der Waals surface area contributed by atoms with E-state index in [1.54, 1.807) is 6.92 Å². The number of hydrogen-bond donors (Lipinski definition) is 2. The molecule has 0 saturated carbocycles. The van der Waals surface area contributed by atoms with Gasteiger partial charge < -0.3 is 10.6 Å². The van der Waals surface area contributed by atoms with Crippen LogP contribution in [-0.4, -0.2) is 21.9 Å². The standard InChI is InChI=1S/C18H17F3N4OS2/c1-10-15(17(26)22-9-11-4-2-6-27-11)24-25-14(18(19,20)21)8-12(23-16(10)25)13-5-3-7-28-13/h2-7,12,14,23H,8-9H2,1H3,(H,22,26). The van der Waals surface area contributed by atoms with E-state index in [0.29, 0.717) is 12.1 Å². The van der Waals surface area contributed by atoms with Gasteiger partial charge in [0.05, 0.1) is 12.6 Å². The fourth-order valence-corrected chi connectivity index (χ4v) is 4.73. The molecule has 2 N–H and O–H groups in total. The first-order chi connectivity index (χ1) is 13.3. The summed E-state index contributed by atoms with van der Waals surface area (Å²) in [4.78, 5) is 14.3. The SMILES string of the molecule is Cc1c(C(=O)NCc2cccs2)nn2c1NC(c1cccs1)CC2C(F)(F)F. The predicted octanol–water partition coefficient (Wildman–Crippen LogP) is 4.90. The molecule has 3 aromatic rings. The van der Waals surface area contributed by atoms with Crippen LogP contribution in [0.2, 0.25) is 0 Å². The second-order valence-corrected chi connectivity index (χ2v) is 8.55. The zero-order valence-corrected chi connectivity index (χ0v) is 16.4. The Hall–Kier alpha value is -2.33. The topological polar surface area (TPSA) is 59.0 Å². The molecule has 2 atom stereocenters. The van der Waals surface area contributed by atoms with Gasteiger partial charge in [0, 0.05) is 21.7 Å². The number of halogens is 3. The van der Waals surface area contributed by atoms with Crippen LogP contribution in [0, 0.1) is 6.92 Å². The van der Waals surface area contributed by atoms with Crippen molar-refractivity contribution in [3.8, 4) is 0 Å². The van der Waals surface area contributed by atoms with Gasteiger partial charge in [-0.15, -0.1) is 22.7 Å². The van der Waals surface area contributed by atoms with E-state index in [4.69, 9.17) is 0 Å². The van der Waals surface area contributed by atoms with Gasteiger partial charge in [0.15, 0.2) is 11.7 Å². The van der Waals surface area contributed by atoms with Gasteiger partial charge in [-0.25, -0.2) is 4.68 Å². The molecule has 0 spiro atoms. The summed E-state index contributed by atoms with van der Waals surface area (Å²) < 4.78 is 42.1. The Balaban J connectivity index is 1.65. The van der Waals surface area contributed by atoms with Crippen molar-refractivity contribution in [1.82, 2.24) is 15.1 Å². The third-order valence-corrected chi connectivity index (χ3v) is 6.56. The molecule has 4 heterocycles. The van der Waals surface area contributed by atoms with Crippen molar-refractivity contribution in [2.75, 3.05) is 5.32 Å². The van der Waals surface area contributed by atoms with E-state index in [1.165, 1.54) is 22.7 Å². The Kier molecular flexibility index (Phi) is 4.92. The Morgan fingerprint density at radius 2 is 2.07 bits per heavy atom. The lowest BCUT2D eigenvalue weighted by Gasteiger charge is -2.33. The molecule has 0 aromatic carbocycles. The van der Waals surface area contributed by atoms with Crippen LogP contribution in [-0.2, 0) is 6.54 Å². The van der Waals surface area contributed by atoms with Crippen LogP contribution >= 0.6 is 22.7 Å². The summed E-state index contributed by atoms with van der Waals surface area (Å²) in [5, 5.41) is 13.7. The number of amides is 1. The summed E-state index contributed by atoms with van der Waals surface area (Å²) in [6, 6.07) is 5.11. The summed E-state index contributed by atoms with van der Waals surface area (Å²) in [6.07, 6.45) is -4.63. The lowest BCUT2D eigenvalue weighted by Crippen LogP contribution is -2.35. The van der Waals surface area contributed by atoms with Crippen LogP contribution in [0.1, 0.15) is 44.3 Å². The van der Waals surface area contributed by atoms with Crippen molar-refractivity contribution in [3.05, 3.63) is 56.0 Å². The fourth-order valence-electron chi connectivity index (χ4n) is 3.29. The highest BCUT2D eigenvalue weighted by molar-refractivity contribution is 7.10. The quantitative estimate of drug-likeness (QED) is 0.624. The summed E-state index contributed by atoms with van der Waals surface area (Å²) in [7, 11) is 0. The predicted molar refractivity (Wildman–Crippen MR) is 103 cm³/mol. The zero-order valence-electron chi connectivity index (χ0n) is 14.8. The lowest BCUT2D eigenvalue weighted by molar-refractivity contribution is -0.173. The maximum atomic E-state index is 13.7. The van der Waals surface area contributed by atoms with Crippen LogP contribution in [0.4, 0.5) is 19.0 Å². The molecule has 1 aliphatic heterocycles. The Morgan fingerprint density at radius 3 is 2.71 bits per heavy atom. The highest BCUT2D eigenvalue weighted by Gasteiger charge is 2.47. The molecule has 10 heteroatoms. The first-order valence-corrected chi connectivity index (χ1v) is 10.4. The van der Waals surface area contributed by atoms with E-state index in [9.17, 15) is 18.0 Å². The Morgan fingerprint density at radius 1 is 1.32 bits per heavy atom. The van der Waals surface area contributed by atoms with Crippen molar-refractivity contribution in [2.24, 2.45) is 0 Å². The molecule has 0 bridgehead atoms. The number of nitrogens with zero attached hydrogens (tertiary/aromatic N) is 2. The highest BCUT2D eigenvalue weighted by Crippen LogP contribution is 2.45. The van der Waals surface area contributed by atoms with Gasteiger partial charge in [-0.05, 0) is 29.8 Å². The number of fused-ring (bicyclic) bond motifs is 1.